The lowest BCUT2D eigenvalue weighted by Crippen LogP contribution is -2.65. The molecule has 1 N–H and O–H groups in total. The number of rotatable bonds is 1. The average molecular weight is 469 g/mol. The molecule has 0 aromatic carbocycles. The number of carboxylic acid groups (broad SMARTS) is 1. The molecule has 0 aromatic rings. The third kappa shape index (κ3) is 2.75. The first-order valence-corrected chi connectivity index (χ1v) is 13.6. The van der Waals surface area contributed by atoms with Crippen LogP contribution in [0.4, 0.5) is 0 Å². The van der Waals surface area contributed by atoms with E-state index in [0.717, 1.165) is 51.4 Å². The van der Waals surface area contributed by atoms with Gasteiger partial charge in [-0.3, -0.25) is 14.4 Å². The summed E-state index contributed by atoms with van der Waals surface area (Å²) in [7, 11) is 0. The number of carboxylic acids is 1. The van der Waals surface area contributed by atoms with E-state index < -0.39 is 16.8 Å². The summed E-state index contributed by atoms with van der Waals surface area (Å²) in [6, 6.07) is 0. The van der Waals surface area contributed by atoms with Crippen LogP contribution in [0.1, 0.15) is 106 Å². The zero-order chi connectivity index (χ0) is 25.1. The number of carbonyl (C=O) groups is 3. The molecule has 7 atom stereocenters. The van der Waals surface area contributed by atoms with Crippen LogP contribution in [0.2, 0.25) is 0 Å². The van der Waals surface area contributed by atoms with Crippen LogP contribution in [0, 0.1) is 50.2 Å². The molecule has 0 aliphatic heterocycles. The van der Waals surface area contributed by atoms with E-state index in [1.165, 1.54) is 5.57 Å². The second kappa shape index (κ2) is 6.85. The molecule has 0 amide bonds. The maximum Gasteiger partial charge on any atom is 0.310 e. The molecule has 0 aromatic heterocycles. The Morgan fingerprint density at radius 2 is 1.56 bits per heavy atom. The standard InChI is InChI=1S/C30H44O4/c1-25(2)12-14-30(24(33)34)15-13-28(6)18(19(30)16-25)8-9-22-27(5)17-20(31)23(32)26(3,4)21(27)10-11-29(22,28)7/h8,19,21-22H,9-17H2,1-7H3,(H,33,34)/t19-,21-,22+,27-,28+,29+,30-/m0/s1. The van der Waals surface area contributed by atoms with Gasteiger partial charge in [0.2, 0.25) is 5.78 Å². The summed E-state index contributed by atoms with van der Waals surface area (Å²) < 4.78 is 0. The zero-order valence-corrected chi connectivity index (χ0v) is 22.3. The van der Waals surface area contributed by atoms with E-state index >= 15 is 0 Å². The number of fused-ring (bicyclic) bond motifs is 7. The van der Waals surface area contributed by atoms with Crippen LogP contribution < -0.4 is 0 Å². The Kier molecular flexibility index (Phi) is 4.89. The Labute approximate surface area is 205 Å². The summed E-state index contributed by atoms with van der Waals surface area (Å²) in [4.78, 5) is 38.6. The van der Waals surface area contributed by atoms with E-state index in [4.69, 9.17) is 0 Å². The highest BCUT2D eigenvalue weighted by atomic mass is 16.4. The summed E-state index contributed by atoms with van der Waals surface area (Å²) in [6.45, 7) is 15.8. The van der Waals surface area contributed by atoms with Crippen molar-refractivity contribution < 1.29 is 19.5 Å². The smallest absolute Gasteiger partial charge is 0.310 e. The second-order valence-electron chi connectivity index (χ2n) is 14.8. The first-order valence-electron chi connectivity index (χ1n) is 13.6. The van der Waals surface area contributed by atoms with Crippen molar-refractivity contribution >= 4 is 17.5 Å². The van der Waals surface area contributed by atoms with Crippen LogP contribution in [0.3, 0.4) is 0 Å². The van der Waals surface area contributed by atoms with Crippen molar-refractivity contribution in [2.24, 2.45) is 50.2 Å². The number of ketones is 2. The normalized spacial score (nSPS) is 49.1. The number of carbonyl (C=O) groups excluding carboxylic acids is 2. The fourth-order valence-electron chi connectivity index (χ4n) is 10.4. The van der Waals surface area contributed by atoms with Crippen LogP contribution in [0.25, 0.3) is 0 Å². The molecule has 0 radical (unpaired) electrons. The quantitative estimate of drug-likeness (QED) is 0.347. The number of hydrogen-bond acceptors (Lipinski definition) is 3. The lowest BCUT2D eigenvalue weighted by Gasteiger charge is -2.70. The highest BCUT2D eigenvalue weighted by Gasteiger charge is 2.70. The maximum atomic E-state index is 13.0. The summed E-state index contributed by atoms with van der Waals surface area (Å²) in [5.74, 6) is -0.311. The largest absolute Gasteiger partial charge is 0.481 e. The number of Topliss-reactive ketones (excluding diaryl/α,β-unsaturated/α-hetero) is 2. The van der Waals surface area contributed by atoms with Gasteiger partial charge < -0.3 is 5.11 Å². The van der Waals surface area contributed by atoms with E-state index in [9.17, 15) is 19.5 Å². The van der Waals surface area contributed by atoms with Gasteiger partial charge in [-0.1, -0.05) is 60.1 Å². The molecule has 0 bridgehead atoms. The molecular weight excluding hydrogens is 424 g/mol. The van der Waals surface area contributed by atoms with Gasteiger partial charge in [0, 0.05) is 11.8 Å². The van der Waals surface area contributed by atoms with Crippen molar-refractivity contribution in [3.63, 3.8) is 0 Å². The molecule has 4 nitrogen and oxygen atoms in total. The summed E-state index contributed by atoms with van der Waals surface area (Å²) in [6.07, 6.45) is 10.1. The van der Waals surface area contributed by atoms with Gasteiger partial charge in [0.1, 0.15) is 0 Å². The Bertz CT molecular complexity index is 1000. The van der Waals surface area contributed by atoms with E-state index in [-0.39, 0.29) is 45.1 Å². The van der Waals surface area contributed by atoms with Gasteiger partial charge in [-0.05, 0) is 90.8 Å². The third-order valence-electron chi connectivity index (χ3n) is 12.6. The molecule has 5 aliphatic carbocycles. The Morgan fingerprint density at radius 3 is 2.21 bits per heavy atom. The van der Waals surface area contributed by atoms with E-state index in [1.54, 1.807) is 0 Å². The van der Waals surface area contributed by atoms with Crippen molar-refractivity contribution in [1.82, 2.24) is 0 Å². The van der Waals surface area contributed by atoms with Gasteiger partial charge in [-0.25, -0.2) is 0 Å². The third-order valence-corrected chi connectivity index (χ3v) is 12.6. The molecule has 5 aliphatic rings. The molecule has 0 unspecified atom stereocenters. The van der Waals surface area contributed by atoms with Crippen molar-refractivity contribution in [2.75, 3.05) is 0 Å². The molecule has 0 heterocycles. The van der Waals surface area contributed by atoms with Crippen LogP contribution in [-0.4, -0.2) is 22.6 Å². The topological polar surface area (TPSA) is 71.4 Å². The molecule has 0 spiro atoms. The summed E-state index contributed by atoms with van der Waals surface area (Å²) in [5.41, 5.74) is 0.0900. The van der Waals surface area contributed by atoms with Gasteiger partial charge in [-0.2, -0.15) is 0 Å². The fraction of sp³-hybridized carbons (Fsp3) is 0.833. The summed E-state index contributed by atoms with van der Waals surface area (Å²) in [5, 5.41) is 10.5. The predicted molar refractivity (Wildman–Crippen MR) is 132 cm³/mol. The van der Waals surface area contributed by atoms with Crippen molar-refractivity contribution in [1.29, 1.82) is 0 Å². The zero-order valence-electron chi connectivity index (χ0n) is 22.3. The van der Waals surface area contributed by atoms with Crippen molar-refractivity contribution in [3.05, 3.63) is 11.6 Å². The SMILES string of the molecule is CC1(C)CC[C@]2(C(=O)O)CC[C@]3(C)C(=CC[C@@H]4[C@@]5(C)CC(=O)C(=O)C(C)(C)[C@@H]5CC[C@]43C)[C@@H]2C1. The molecule has 188 valence electrons. The minimum atomic E-state index is -0.625. The monoisotopic (exact) mass is 468 g/mol. The highest BCUT2D eigenvalue weighted by Crippen LogP contribution is 2.75. The van der Waals surface area contributed by atoms with Gasteiger partial charge >= 0.3 is 5.97 Å². The molecule has 5 rings (SSSR count). The molecular formula is C30H44O4. The minimum absolute atomic E-state index is 0.00529. The Morgan fingerprint density at radius 1 is 0.912 bits per heavy atom. The Hall–Kier alpha value is -1.45. The maximum absolute atomic E-state index is 13.0. The van der Waals surface area contributed by atoms with E-state index in [1.807, 2.05) is 13.8 Å². The van der Waals surface area contributed by atoms with Crippen molar-refractivity contribution in [2.45, 2.75) is 106 Å². The van der Waals surface area contributed by atoms with Gasteiger partial charge in [0.25, 0.3) is 0 Å². The van der Waals surface area contributed by atoms with Gasteiger partial charge in [0.15, 0.2) is 5.78 Å². The van der Waals surface area contributed by atoms with Crippen LogP contribution in [0.15, 0.2) is 11.6 Å². The van der Waals surface area contributed by atoms with Crippen LogP contribution >= 0.6 is 0 Å². The molecule has 34 heavy (non-hydrogen) atoms. The fourth-order valence-corrected chi connectivity index (χ4v) is 10.4. The Balaban J connectivity index is 1.62. The van der Waals surface area contributed by atoms with Crippen LogP contribution in [-0.2, 0) is 14.4 Å². The summed E-state index contributed by atoms with van der Waals surface area (Å²) >= 11 is 0. The molecule has 0 saturated heterocycles. The average Bonchev–Trinajstić information content (AvgIpc) is 2.72. The number of hydrogen-bond donors (Lipinski definition) is 1. The highest BCUT2D eigenvalue weighted by molar-refractivity contribution is 6.39. The number of allylic oxidation sites excluding steroid dienone is 2. The molecule has 4 fully saturated rings. The first-order chi connectivity index (χ1) is 15.6. The van der Waals surface area contributed by atoms with E-state index in [0.29, 0.717) is 12.3 Å². The van der Waals surface area contributed by atoms with E-state index in [2.05, 4.69) is 40.7 Å². The van der Waals surface area contributed by atoms with Gasteiger partial charge in [0.05, 0.1) is 5.41 Å². The van der Waals surface area contributed by atoms with Gasteiger partial charge in [-0.15, -0.1) is 0 Å². The predicted octanol–water partition coefficient (Wildman–Crippen LogP) is 6.62. The lowest BCUT2D eigenvalue weighted by molar-refractivity contribution is -0.190. The van der Waals surface area contributed by atoms with Crippen molar-refractivity contribution in [3.8, 4) is 0 Å². The second-order valence-corrected chi connectivity index (χ2v) is 14.8. The molecule has 4 heteroatoms. The van der Waals surface area contributed by atoms with Crippen LogP contribution in [0.5, 0.6) is 0 Å². The lowest BCUT2D eigenvalue weighted by atomic mass is 9.33. The number of aliphatic carboxylic acids is 1. The molecule has 4 saturated carbocycles. The first kappa shape index (κ1) is 24.3. The minimum Gasteiger partial charge on any atom is -0.481 e.